The van der Waals surface area contributed by atoms with Gasteiger partial charge < -0.3 is 4.74 Å². The molecule has 0 aliphatic carbocycles. The standard InChI is InChI=1S/C14H12N2O5S/c1-21-13(17)9-15-10-5-2-3-7-12(10)22(19,20)16-8-4-6-11(16)14(15)18/h2-8H,9H2,1H3. The molecule has 0 atom stereocenters. The van der Waals surface area contributed by atoms with Crippen LogP contribution in [0.4, 0.5) is 5.69 Å². The van der Waals surface area contributed by atoms with Crippen molar-refractivity contribution in [3.8, 4) is 0 Å². The lowest BCUT2D eigenvalue weighted by atomic mass is 10.2. The van der Waals surface area contributed by atoms with E-state index in [0.29, 0.717) is 0 Å². The van der Waals surface area contributed by atoms with Crippen molar-refractivity contribution in [3.05, 3.63) is 48.3 Å². The minimum atomic E-state index is -3.90. The van der Waals surface area contributed by atoms with Crippen LogP contribution in [0.15, 0.2) is 47.5 Å². The molecule has 1 aliphatic heterocycles. The summed E-state index contributed by atoms with van der Waals surface area (Å²) in [5, 5.41) is 0. The third kappa shape index (κ3) is 2.00. The molecule has 0 saturated carbocycles. The first-order valence-electron chi connectivity index (χ1n) is 6.37. The number of methoxy groups -OCH3 is 1. The zero-order valence-electron chi connectivity index (χ0n) is 11.6. The summed E-state index contributed by atoms with van der Waals surface area (Å²) >= 11 is 0. The lowest BCUT2D eigenvalue weighted by Gasteiger charge is -2.20. The number of amides is 1. The van der Waals surface area contributed by atoms with Crippen molar-refractivity contribution in [2.24, 2.45) is 0 Å². The van der Waals surface area contributed by atoms with Crippen LogP contribution >= 0.6 is 0 Å². The molecule has 0 bridgehead atoms. The molecule has 2 heterocycles. The Balaban J connectivity index is 2.29. The van der Waals surface area contributed by atoms with Gasteiger partial charge in [0.05, 0.1) is 12.8 Å². The van der Waals surface area contributed by atoms with Crippen molar-refractivity contribution in [2.45, 2.75) is 4.90 Å². The zero-order chi connectivity index (χ0) is 15.9. The van der Waals surface area contributed by atoms with E-state index in [1.54, 1.807) is 12.1 Å². The highest BCUT2D eigenvalue weighted by Crippen LogP contribution is 2.32. The quantitative estimate of drug-likeness (QED) is 0.766. The maximum atomic E-state index is 12.7. The highest BCUT2D eigenvalue weighted by atomic mass is 32.2. The van der Waals surface area contributed by atoms with Crippen LogP contribution in [0.1, 0.15) is 10.5 Å². The predicted octanol–water partition coefficient (Wildman–Crippen LogP) is 0.858. The van der Waals surface area contributed by atoms with E-state index in [2.05, 4.69) is 4.74 Å². The molecule has 0 saturated heterocycles. The summed E-state index contributed by atoms with van der Waals surface area (Å²) in [5.41, 5.74) is 0.127. The van der Waals surface area contributed by atoms with Gasteiger partial charge in [-0.15, -0.1) is 0 Å². The number of benzene rings is 1. The molecule has 1 aliphatic rings. The van der Waals surface area contributed by atoms with Crippen molar-refractivity contribution in [3.63, 3.8) is 0 Å². The number of ether oxygens (including phenoxy) is 1. The Kier molecular flexibility index (Phi) is 3.25. The molecule has 3 rings (SSSR count). The predicted molar refractivity (Wildman–Crippen MR) is 77.2 cm³/mol. The first-order chi connectivity index (χ1) is 10.5. The first-order valence-corrected chi connectivity index (χ1v) is 7.81. The minimum absolute atomic E-state index is 0.0277. The van der Waals surface area contributed by atoms with Crippen LogP contribution in [0.25, 0.3) is 0 Å². The summed E-state index contributed by atoms with van der Waals surface area (Å²) in [7, 11) is -2.70. The molecule has 7 nitrogen and oxygen atoms in total. The molecular formula is C14H12N2O5S. The highest BCUT2D eigenvalue weighted by Gasteiger charge is 2.35. The molecule has 8 heteroatoms. The largest absolute Gasteiger partial charge is 0.468 e. The van der Waals surface area contributed by atoms with Crippen LogP contribution in [0.2, 0.25) is 0 Å². The van der Waals surface area contributed by atoms with Gasteiger partial charge in [-0.3, -0.25) is 14.5 Å². The number of carbonyl (C=O) groups is 2. The number of rotatable bonds is 2. The van der Waals surface area contributed by atoms with Gasteiger partial charge >= 0.3 is 5.97 Å². The van der Waals surface area contributed by atoms with E-state index in [4.69, 9.17) is 0 Å². The van der Waals surface area contributed by atoms with Crippen LogP contribution < -0.4 is 4.90 Å². The van der Waals surface area contributed by atoms with Gasteiger partial charge in [0.1, 0.15) is 17.1 Å². The molecule has 0 spiro atoms. The minimum Gasteiger partial charge on any atom is -0.468 e. The highest BCUT2D eigenvalue weighted by molar-refractivity contribution is 7.90. The van der Waals surface area contributed by atoms with Gasteiger partial charge in [0.25, 0.3) is 15.9 Å². The second-order valence-electron chi connectivity index (χ2n) is 4.63. The van der Waals surface area contributed by atoms with Crippen molar-refractivity contribution < 1.29 is 22.7 Å². The monoisotopic (exact) mass is 320 g/mol. The van der Waals surface area contributed by atoms with Crippen molar-refractivity contribution in [1.82, 2.24) is 3.97 Å². The zero-order valence-corrected chi connectivity index (χ0v) is 12.4. The van der Waals surface area contributed by atoms with E-state index in [1.807, 2.05) is 0 Å². The van der Waals surface area contributed by atoms with Crippen LogP contribution in [-0.4, -0.2) is 37.9 Å². The van der Waals surface area contributed by atoms with Gasteiger partial charge in [0, 0.05) is 6.20 Å². The molecule has 0 N–H and O–H groups in total. The summed E-state index contributed by atoms with van der Waals surface area (Å²) in [6, 6.07) is 8.92. The molecule has 114 valence electrons. The number of para-hydroxylation sites is 1. The maximum absolute atomic E-state index is 12.7. The molecule has 1 aromatic carbocycles. The van der Waals surface area contributed by atoms with Gasteiger partial charge in [-0.2, -0.15) is 0 Å². The molecule has 0 unspecified atom stereocenters. The first kappa shape index (κ1) is 14.3. The number of esters is 1. The fourth-order valence-corrected chi connectivity index (χ4v) is 3.88. The Morgan fingerprint density at radius 2 is 1.91 bits per heavy atom. The molecule has 1 amide bonds. The lowest BCUT2D eigenvalue weighted by Crippen LogP contribution is -2.36. The van der Waals surface area contributed by atoms with E-state index in [1.165, 1.54) is 37.6 Å². The lowest BCUT2D eigenvalue weighted by molar-refractivity contribution is -0.138. The number of fused-ring (bicyclic) bond motifs is 2. The summed E-state index contributed by atoms with van der Waals surface area (Å²) in [6.45, 7) is -0.368. The second-order valence-corrected chi connectivity index (χ2v) is 6.41. The molecular weight excluding hydrogens is 308 g/mol. The fourth-order valence-electron chi connectivity index (χ4n) is 2.34. The summed E-state index contributed by atoms with van der Waals surface area (Å²) in [4.78, 5) is 25.3. The SMILES string of the molecule is COC(=O)CN1C(=O)c2cccn2S(=O)(=O)c2ccccc21. The molecule has 2 aromatic rings. The Bertz CT molecular complexity index is 869. The number of hydrogen-bond acceptors (Lipinski definition) is 5. The van der Waals surface area contributed by atoms with Crippen LogP contribution in [-0.2, 0) is 19.6 Å². The van der Waals surface area contributed by atoms with Gasteiger partial charge in [-0.05, 0) is 24.3 Å². The Morgan fingerprint density at radius 1 is 1.18 bits per heavy atom. The summed E-state index contributed by atoms with van der Waals surface area (Å²) < 4.78 is 30.9. The number of carbonyl (C=O) groups excluding carboxylic acids is 2. The van der Waals surface area contributed by atoms with E-state index in [-0.39, 0.29) is 22.8 Å². The second kappa shape index (κ2) is 4.99. The smallest absolute Gasteiger partial charge is 0.325 e. The maximum Gasteiger partial charge on any atom is 0.325 e. The number of nitrogens with zero attached hydrogens (tertiary/aromatic N) is 2. The Morgan fingerprint density at radius 3 is 2.64 bits per heavy atom. The van der Waals surface area contributed by atoms with Gasteiger partial charge in [-0.25, -0.2) is 12.4 Å². The molecule has 0 radical (unpaired) electrons. The molecule has 22 heavy (non-hydrogen) atoms. The average Bonchev–Trinajstić information content (AvgIpc) is 3.00. The normalized spacial score (nSPS) is 15.7. The van der Waals surface area contributed by atoms with Gasteiger partial charge in [-0.1, -0.05) is 12.1 Å². The number of aromatic nitrogens is 1. The van der Waals surface area contributed by atoms with Gasteiger partial charge in [0.2, 0.25) is 0 Å². The third-order valence-electron chi connectivity index (χ3n) is 3.39. The third-order valence-corrected chi connectivity index (χ3v) is 5.12. The van der Waals surface area contributed by atoms with Gasteiger partial charge in [0.15, 0.2) is 0 Å². The van der Waals surface area contributed by atoms with Crippen LogP contribution in [0.5, 0.6) is 0 Å². The fraction of sp³-hybridized carbons (Fsp3) is 0.143. The van der Waals surface area contributed by atoms with Crippen molar-refractivity contribution >= 4 is 27.6 Å². The van der Waals surface area contributed by atoms with Crippen LogP contribution in [0, 0.1) is 0 Å². The summed E-state index contributed by atoms with van der Waals surface area (Å²) in [6.07, 6.45) is 1.31. The van der Waals surface area contributed by atoms with E-state index in [0.717, 1.165) is 8.87 Å². The molecule has 0 fully saturated rings. The van der Waals surface area contributed by atoms with E-state index in [9.17, 15) is 18.0 Å². The summed E-state index contributed by atoms with van der Waals surface area (Å²) in [5.74, 6) is -1.22. The topological polar surface area (TPSA) is 85.7 Å². The Hall–Kier alpha value is -2.61. The van der Waals surface area contributed by atoms with E-state index >= 15 is 0 Å². The number of anilines is 1. The van der Waals surface area contributed by atoms with E-state index < -0.39 is 21.9 Å². The van der Waals surface area contributed by atoms with Crippen molar-refractivity contribution in [2.75, 3.05) is 18.6 Å². The average molecular weight is 320 g/mol. The molecule has 1 aromatic heterocycles. The number of hydrogen-bond donors (Lipinski definition) is 0. The van der Waals surface area contributed by atoms with Crippen LogP contribution in [0.3, 0.4) is 0 Å². The van der Waals surface area contributed by atoms with Crippen molar-refractivity contribution in [1.29, 1.82) is 0 Å². The Labute approximate surface area is 126 Å².